The van der Waals surface area contributed by atoms with Gasteiger partial charge in [-0.15, -0.1) is 0 Å². The second-order valence-electron chi connectivity index (χ2n) is 4.86. The number of methoxy groups -OCH3 is 1. The Labute approximate surface area is 138 Å². The minimum Gasteiger partial charge on any atom is -0.493 e. The molecule has 0 fully saturated rings. The number of nitrogens with zero attached hydrogens (tertiary/aromatic N) is 5. The lowest BCUT2D eigenvalue weighted by atomic mass is 10.2. The van der Waals surface area contributed by atoms with E-state index in [2.05, 4.69) is 20.6 Å². The molecule has 0 aliphatic heterocycles. The summed E-state index contributed by atoms with van der Waals surface area (Å²) in [5.41, 5.74) is 7.43. The fourth-order valence-corrected chi connectivity index (χ4v) is 2.01. The number of hydrogen-bond donors (Lipinski definition) is 1. The number of aromatic nitrogens is 4. The highest BCUT2D eigenvalue weighted by Crippen LogP contribution is 2.28. The molecule has 24 heavy (non-hydrogen) atoms. The fraction of sp³-hybridized carbons (Fsp3) is 0.125. The van der Waals surface area contributed by atoms with Crippen LogP contribution >= 0.6 is 0 Å². The van der Waals surface area contributed by atoms with Crippen LogP contribution in [0.2, 0.25) is 0 Å². The van der Waals surface area contributed by atoms with E-state index in [1.54, 1.807) is 13.3 Å². The number of rotatable bonds is 6. The van der Waals surface area contributed by atoms with Crippen molar-refractivity contribution in [1.29, 1.82) is 0 Å². The zero-order chi connectivity index (χ0) is 16.8. The highest BCUT2D eigenvalue weighted by molar-refractivity contribution is 5.80. The van der Waals surface area contributed by atoms with E-state index >= 15 is 0 Å². The summed E-state index contributed by atoms with van der Waals surface area (Å²) in [6.07, 6.45) is 1.58. The first kappa shape index (κ1) is 15.5. The lowest BCUT2D eigenvalue weighted by Crippen LogP contribution is -2.00. The Morgan fingerprint density at radius 2 is 2.00 bits per heavy atom. The topological polar surface area (TPSA) is 100 Å². The van der Waals surface area contributed by atoms with Crippen molar-refractivity contribution in [2.45, 2.75) is 6.61 Å². The molecule has 122 valence electrons. The van der Waals surface area contributed by atoms with Crippen molar-refractivity contribution in [2.75, 3.05) is 12.8 Å². The van der Waals surface area contributed by atoms with Gasteiger partial charge in [-0.3, -0.25) is 0 Å². The van der Waals surface area contributed by atoms with Crippen LogP contribution in [0.15, 0.2) is 53.6 Å². The van der Waals surface area contributed by atoms with Gasteiger partial charge < -0.3 is 15.2 Å². The molecule has 0 saturated carbocycles. The number of benzene rings is 2. The van der Waals surface area contributed by atoms with Crippen LogP contribution in [0.5, 0.6) is 11.5 Å². The van der Waals surface area contributed by atoms with E-state index in [4.69, 9.17) is 15.2 Å². The van der Waals surface area contributed by atoms with Gasteiger partial charge >= 0.3 is 0 Å². The highest BCUT2D eigenvalue weighted by Gasteiger charge is 2.06. The number of nitrogens with two attached hydrogens (primary N) is 1. The quantitative estimate of drug-likeness (QED) is 0.693. The predicted molar refractivity (Wildman–Crippen MR) is 89.0 cm³/mol. The fourth-order valence-electron chi connectivity index (χ4n) is 2.01. The number of ether oxygens (including phenoxy) is 2. The molecule has 0 unspecified atom stereocenters. The molecular formula is C16H16N6O2. The number of nitrogen functional groups attached to an aromatic ring is 1. The van der Waals surface area contributed by atoms with Crippen molar-refractivity contribution in [1.82, 2.24) is 20.3 Å². The van der Waals surface area contributed by atoms with Crippen LogP contribution in [0.4, 0.5) is 5.95 Å². The molecule has 0 aliphatic carbocycles. The van der Waals surface area contributed by atoms with Crippen LogP contribution in [-0.2, 0) is 6.61 Å². The van der Waals surface area contributed by atoms with Crippen LogP contribution in [0, 0.1) is 0 Å². The van der Waals surface area contributed by atoms with Crippen molar-refractivity contribution in [3.05, 3.63) is 59.7 Å². The first-order valence-corrected chi connectivity index (χ1v) is 7.19. The summed E-state index contributed by atoms with van der Waals surface area (Å²) in [6.45, 7) is 0.464. The van der Waals surface area contributed by atoms with Gasteiger partial charge in [-0.05, 0) is 39.8 Å². The summed E-state index contributed by atoms with van der Waals surface area (Å²) in [6, 6.07) is 15.4. The molecule has 1 aromatic heterocycles. The van der Waals surface area contributed by atoms with Gasteiger partial charge in [0.25, 0.3) is 5.95 Å². The molecule has 2 aromatic carbocycles. The molecule has 3 rings (SSSR count). The SMILES string of the molecule is COc1cc(C=Nn2nnnc2N)ccc1OCc1ccccc1. The van der Waals surface area contributed by atoms with Crippen LogP contribution in [0.25, 0.3) is 0 Å². The van der Waals surface area contributed by atoms with Crippen molar-refractivity contribution in [3.63, 3.8) is 0 Å². The third kappa shape index (κ3) is 3.67. The number of anilines is 1. The summed E-state index contributed by atoms with van der Waals surface area (Å²) in [7, 11) is 1.59. The Balaban J connectivity index is 1.73. The average Bonchev–Trinajstić information content (AvgIpc) is 3.04. The third-order valence-corrected chi connectivity index (χ3v) is 3.22. The van der Waals surface area contributed by atoms with Gasteiger partial charge in [-0.25, -0.2) is 0 Å². The van der Waals surface area contributed by atoms with E-state index in [0.29, 0.717) is 18.1 Å². The highest BCUT2D eigenvalue weighted by atomic mass is 16.5. The second-order valence-corrected chi connectivity index (χ2v) is 4.86. The van der Waals surface area contributed by atoms with Crippen molar-refractivity contribution in [2.24, 2.45) is 5.10 Å². The van der Waals surface area contributed by atoms with Crippen LogP contribution in [0.1, 0.15) is 11.1 Å². The summed E-state index contributed by atoms with van der Waals surface area (Å²) in [5, 5.41) is 14.7. The summed E-state index contributed by atoms with van der Waals surface area (Å²) in [5.74, 6) is 1.38. The van der Waals surface area contributed by atoms with E-state index in [9.17, 15) is 0 Å². The minimum absolute atomic E-state index is 0.112. The minimum atomic E-state index is 0.112. The molecule has 0 amide bonds. The molecule has 0 radical (unpaired) electrons. The molecule has 0 aliphatic rings. The van der Waals surface area contributed by atoms with Gasteiger partial charge in [-0.1, -0.05) is 40.2 Å². The average molecular weight is 324 g/mol. The second kappa shape index (κ2) is 7.23. The molecule has 8 nitrogen and oxygen atoms in total. The van der Waals surface area contributed by atoms with E-state index in [1.165, 1.54) is 0 Å². The van der Waals surface area contributed by atoms with Gasteiger partial charge in [-0.2, -0.15) is 5.10 Å². The summed E-state index contributed by atoms with van der Waals surface area (Å²) in [4.78, 5) is 1.13. The van der Waals surface area contributed by atoms with E-state index < -0.39 is 0 Å². The van der Waals surface area contributed by atoms with Crippen LogP contribution in [0.3, 0.4) is 0 Å². The van der Waals surface area contributed by atoms with Gasteiger partial charge in [0.05, 0.1) is 13.3 Å². The van der Waals surface area contributed by atoms with Crippen LogP contribution in [-0.4, -0.2) is 33.6 Å². The van der Waals surface area contributed by atoms with Crippen LogP contribution < -0.4 is 15.2 Å². The first-order chi connectivity index (χ1) is 11.8. The Kier molecular flexibility index (Phi) is 4.66. The monoisotopic (exact) mass is 324 g/mol. The standard InChI is InChI=1S/C16H16N6O2/c1-23-15-9-13(10-18-22-16(17)19-20-21-22)7-8-14(15)24-11-12-5-3-2-4-6-12/h2-10H,11H2,1H3,(H2,17,19,21). The molecule has 8 heteroatoms. The van der Waals surface area contributed by atoms with Crippen molar-refractivity contribution in [3.8, 4) is 11.5 Å². The number of tetrazole rings is 1. The van der Waals surface area contributed by atoms with E-state index in [-0.39, 0.29) is 5.95 Å². The maximum absolute atomic E-state index is 5.81. The van der Waals surface area contributed by atoms with Crippen molar-refractivity contribution >= 4 is 12.2 Å². The molecule has 1 heterocycles. The Morgan fingerprint density at radius 1 is 1.17 bits per heavy atom. The molecule has 0 bridgehead atoms. The molecule has 0 atom stereocenters. The van der Waals surface area contributed by atoms with Gasteiger partial charge in [0.2, 0.25) is 0 Å². The first-order valence-electron chi connectivity index (χ1n) is 7.19. The predicted octanol–water partition coefficient (Wildman–Crippen LogP) is 1.73. The van der Waals surface area contributed by atoms with Gasteiger partial charge in [0, 0.05) is 0 Å². The van der Waals surface area contributed by atoms with E-state index in [1.807, 2.05) is 48.5 Å². The molecule has 0 spiro atoms. The zero-order valence-corrected chi connectivity index (χ0v) is 13.0. The Hall–Kier alpha value is -3.42. The van der Waals surface area contributed by atoms with Gasteiger partial charge in [0.15, 0.2) is 11.5 Å². The molecular weight excluding hydrogens is 308 g/mol. The van der Waals surface area contributed by atoms with Crippen molar-refractivity contribution < 1.29 is 9.47 Å². The molecule has 0 saturated heterocycles. The molecule has 2 N–H and O–H groups in total. The number of hydrogen-bond acceptors (Lipinski definition) is 7. The zero-order valence-electron chi connectivity index (χ0n) is 13.0. The summed E-state index contributed by atoms with van der Waals surface area (Å²) >= 11 is 0. The summed E-state index contributed by atoms with van der Waals surface area (Å²) < 4.78 is 11.2. The normalized spacial score (nSPS) is 10.9. The largest absolute Gasteiger partial charge is 0.493 e. The smallest absolute Gasteiger partial charge is 0.263 e. The Morgan fingerprint density at radius 3 is 2.71 bits per heavy atom. The third-order valence-electron chi connectivity index (χ3n) is 3.22. The maximum atomic E-state index is 5.81. The molecule has 3 aromatic rings. The Bertz CT molecular complexity index is 832. The van der Waals surface area contributed by atoms with E-state index in [0.717, 1.165) is 15.9 Å². The lowest BCUT2D eigenvalue weighted by molar-refractivity contribution is 0.284. The lowest BCUT2D eigenvalue weighted by Gasteiger charge is -2.11. The van der Waals surface area contributed by atoms with Gasteiger partial charge in [0.1, 0.15) is 6.61 Å². The maximum Gasteiger partial charge on any atom is 0.263 e.